The van der Waals surface area contributed by atoms with Crippen LogP contribution in [0.15, 0.2) is 23.6 Å². The Morgan fingerprint density at radius 3 is 3.04 bits per heavy atom. The number of rotatable bonds is 4. The zero-order valence-electron chi connectivity index (χ0n) is 13.1. The van der Waals surface area contributed by atoms with Crippen molar-refractivity contribution < 1.29 is 14.4 Å². The summed E-state index contributed by atoms with van der Waals surface area (Å²) < 4.78 is 0. The van der Waals surface area contributed by atoms with Gasteiger partial charge in [-0.15, -0.1) is 23.1 Å². The highest BCUT2D eigenvalue weighted by atomic mass is 32.2. The molecule has 0 bridgehead atoms. The molecule has 2 aromatic rings. The summed E-state index contributed by atoms with van der Waals surface area (Å²) in [7, 11) is 0. The van der Waals surface area contributed by atoms with Crippen molar-refractivity contribution in [3.63, 3.8) is 0 Å². The Hall–Kier alpha value is -2.39. The van der Waals surface area contributed by atoms with Gasteiger partial charge in [-0.3, -0.25) is 14.4 Å². The lowest BCUT2D eigenvalue weighted by Crippen LogP contribution is -2.34. The Labute approximate surface area is 151 Å². The number of carbonyl (C=O) groups is 3. The van der Waals surface area contributed by atoms with E-state index in [0.717, 1.165) is 22.5 Å². The normalized spacial score (nSPS) is 16.1. The zero-order chi connectivity index (χ0) is 17.4. The zero-order valence-corrected chi connectivity index (χ0v) is 14.7. The molecular formula is C16H14N4O3S2. The van der Waals surface area contributed by atoms with Crippen LogP contribution in [0.5, 0.6) is 0 Å². The summed E-state index contributed by atoms with van der Waals surface area (Å²) in [6.07, 6.45) is 0.374. The lowest BCUT2D eigenvalue weighted by atomic mass is 10.1. The van der Waals surface area contributed by atoms with Gasteiger partial charge in [0.25, 0.3) is 0 Å². The number of nitrogens with zero attached hydrogens (tertiary/aromatic N) is 2. The van der Waals surface area contributed by atoms with E-state index in [2.05, 4.69) is 15.6 Å². The smallest absolute Gasteiger partial charge is 0.245 e. The summed E-state index contributed by atoms with van der Waals surface area (Å²) in [5.41, 5.74) is 3.44. The largest absolute Gasteiger partial charge is 0.326 e. The molecule has 0 saturated carbocycles. The first kappa shape index (κ1) is 16.1. The fourth-order valence-electron chi connectivity index (χ4n) is 2.72. The first-order valence-electron chi connectivity index (χ1n) is 7.62. The molecule has 9 heteroatoms. The van der Waals surface area contributed by atoms with Gasteiger partial charge in [-0.2, -0.15) is 0 Å². The van der Waals surface area contributed by atoms with Gasteiger partial charge >= 0.3 is 0 Å². The molecule has 25 heavy (non-hydrogen) atoms. The van der Waals surface area contributed by atoms with Gasteiger partial charge < -0.3 is 15.5 Å². The van der Waals surface area contributed by atoms with Crippen molar-refractivity contribution in [3.8, 4) is 11.3 Å². The minimum absolute atomic E-state index is 0.00648. The number of fused-ring (bicyclic) bond motifs is 1. The maximum atomic E-state index is 12.1. The average Bonchev–Trinajstić information content (AvgIpc) is 3.27. The van der Waals surface area contributed by atoms with E-state index in [9.17, 15) is 14.4 Å². The van der Waals surface area contributed by atoms with E-state index < -0.39 is 0 Å². The first-order chi connectivity index (χ1) is 12.1. The number of nitrogens with one attached hydrogen (secondary N) is 2. The minimum Gasteiger partial charge on any atom is -0.326 e. The standard InChI is InChI=1S/C16H14N4O3S2/c21-13-4-10-3-9(1-2-11(10)17-13)12-6-25-16(18-12)19-14(22)5-20-8-24-7-15(20)23/h1-3,6H,4-5,7-8H2,(H,17,21)(H,18,19,22). The SMILES string of the molecule is O=C(CN1CSCC1=O)Nc1nc(-c2ccc3c(c2)CC(=O)N3)cs1. The first-order valence-corrected chi connectivity index (χ1v) is 9.66. The van der Waals surface area contributed by atoms with Gasteiger partial charge in [0.2, 0.25) is 17.7 Å². The van der Waals surface area contributed by atoms with Crippen LogP contribution in [-0.4, -0.2) is 45.8 Å². The summed E-state index contributed by atoms with van der Waals surface area (Å²) in [5.74, 6) is 0.719. The third kappa shape index (κ3) is 3.38. The van der Waals surface area contributed by atoms with Crippen LogP contribution in [-0.2, 0) is 20.8 Å². The molecular weight excluding hydrogens is 360 g/mol. The van der Waals surface area contributed by atoms with Crippen LogP contribution >= 0.6 is 23.1 Å². The number of thiazole rings is 1. The summed E-state index contributed by atoms with van der Waals surface area (Å²) in [6, 6.07) is 5.70. The van der Waals surface area contributed by atoms with Gasteiger partial charge in [0.05, 0.1) is 23.7 Å². The molecule has 4 rings (SSSR count). The van der Waals surface area contributed by atoms with Gasteiger partial charge in [0, 0.05) is 16.6 Å². The molecule has 7 nitrogen and oxygen atoms in total. The Morgan fingerprint density at radius 2 is 2.24 bits per heavy atom. The van der Waals surface area contributed by atoms with Crippen LogP contribution in [0.3, 0.4) is 0 Å². The summed E-state index contributed by atoms with van der Waals surface area (Å²) >= 11 is 2.84. The van der Waals surface area contributed by atoms with Crippen LogP contribution in [0.2, 0.25) is 0 Å². The van der Waals surface area contributed by atoms with Gasteiger partial charge in [0.1, 0.15) is 6.54 Å². The Morgan fingerprint density at radius 1 is 1.36 bits per heavy atom. The Bertz CT molecular complexity index is 880. The van der Waals surface area contributed by atoms with E-state index in [0.29, 0.717) is 23.2 Å². The number of thioether (sulfide) groups is 1. The molecule has 1 aromatic heterocycles. The number of anilines is 2. The lowest BCUT2D eigenvalue weighted by Gasteiger charge is -2.13. The van der Waals surface area contributed by atoms with Crippen molar-refractivity contribution in [2.45, 2.75) is 6.42 Å². The maximum Gasteiger partial charge on any atom is 0.245 e. The Kier molecular flexibility index (Phi) is 4.18. The van der Waals surface area contributed by atoms with Crippen LogP contribution in [0, 0.1) is 0 Å². The predicted molar refractivity (Wildman–Crippen MR) is 97.6 cm³/mol. The summed E-state index contributed by atoms with van der Waals surface area (Å²) in [6.45, 7) is 0.0490. The van der Waals surface area contributed by atoms with E-state index in [1.165, 1.54) is 28.0 Å². The van der Waals surface area contributed by atoms with Gasteiger partial charge in [-0.1, -0.05) is 6.07 Å². The quantitative estimate of drug-likeness (QED) is 0.851. The molecule has 1 fully saturated rings. The van der Waals surface area contributed by atoms with Crippen LogP contribution < -0.4 is 10.6 Å². The van der Waals surface area contributed by atoms with E-state index in [1.54, 1.807) is 0 Å². The van der Waals surface area contributed by atoms with E-state index in [1.807, 2.05) is 23.6 Å². The second-order valence-corrected chi connectivity index (χ2v) is 7.57. The van der Waals surface area contributed by atoms with Crippen molar-refractivity contribution in [3.05, 3.63) is 29.1 Å². The molecule has 0 radical (unpaired) electrons. The highest BCUT2D eigenvalue weighted by molar-refractivity contribution is 8.00. The number of carbonyl (C=O) groups excluding carboxylic acids is 3. The maximum absolute atomic E-state index is 12.1. The van der Waals surface area contributed by atoms with Crippen molar-refractivity contribution >= 4 is 51.6 Å². The van der Waals surface area contributed by atoms with Gasteiger partial charge in [-0.25, -0.2) is 4.98 Å². The Balaban J connectivity index is 1.44. The molecule has 128 valence electrons. The molecule has 1 aromatic carbocycles. The molecule has 2 aliphatic rings. The highest BCUT2D eigenvalue weighted by Crippen LogP contribution is 2.30. The topological polar surface area (TPSA) is 91.4 Å². The molecule has 3 amide bonds. The highest BCUT2D eigenvalue weighted by Gasteiger charge is 2.23. The number of hydrogen-bond donors (Lipinski definition) is 2. The summed E-state index contributed by atoms with van der Waals surface area (Å²) in [4.78, 5) is 41.0. The van der Waals surface area contributed by atoms with Crippen molar-refractivity contribution in [2.24, 2.45) is 0 Å². The lowest BCUT2D eigenvalue weighted by molar-refractivity contribution is -0.130. The molecule has 0 unspecified atom stereocenters. The number of hydrogen-bond acceptors (Lipinski definition) is 6. The van der Waals surface area contributed by atoms with E-state index in [-0.39, 0.29) is 24.3 Å². The number of aromatic nitrogens is 1. The second kappa shape index (κ2) is 6.49. The van der Waals surface area contributed by atoms with E-state index in [4.69, 9.17) is 0 Å². The van der Waals surface area contributed by atoms with Crippen LogP contribution in [0.4, 0.5) is 10.8 Å². The molecule has 2 aliphatic heterocycles. The monoisotopic (exact) mass is 374 g/mol. The fourth-order valence-corrected chi connectivity index (χ4v) is 4.36. The molecule has 3 heterocycles. The fraction of sp³-hybridized carbons (Fsp3) is 0.250. The number of amides is 3. The number of benzene rings is 1. The second-order valence-electron chi connectivity index (χ2n) is 5.75. The van der Waals surface area contributed by atoms with Crippen molar-refractivity contribution in [2.75, 3.05) is 28.8 Å². The molecule has 0 aliphatic carbocycles. The molecule has 2 N–H and O–H groups in total. The van der Waals surface area contributed by atoms with E-state index >= 15 is 0 Å². The minimum atomic E-state index is -0.250. The third-order valence-corrected chi connectivity index (χ3v) is 5.64. The van der Waals surface area contributed by atoms with Crippen LogP contribution in [0.1, 0.15) is 5.56 Å². The molecule has 1 saturated heterocycles. The average molecular weight is 374 g/mol. The van der Waals surface area contributed by atoms with Crippen molar-refractivity contribution in [1.29, 1.82) is 0 Å². The van der Waals surface area contributed by atoms with Crippen molar-refractivity contribution in [1.82, 2.24) is 9.88 Å². The van der Waals surface area contributed by atoms with Gasteiger partial charge in [0.15, 0.2) is 5.13 Å². The van der Waals surface area contributed by atoms with Gasteiger partial charge in [-0.05, 0) is 17.7 Å². The third-order valence-electron chi connectivity index (χ3n) is 3.94. The molecule has 0 atom stereocenters. The van der Waals surface area contributed by atoms with Crippen LogP contribution in [0.25, 0.3) is 11.3 Å². The summed E-state index contributed by atoms with van der Waals surface area (Å²) in [5, 5.41) is 7.89. The molecule has 0 spiro atoms. The predicted octanol–water partition coefficient (Wildman–Crippen LogP) is 1.78.